The molecule has 0 saturated heterocycles. The molecule has 64 valence electrons. The fourth-order valence-electron chi connectivity index (χ4n) is 1.20. The molecule has 0 aliphatic carbocycles. The van der Waals surface area contributed by atoms with Gasteiger partial charge in [0.1, 0.15) is 11.8 Å². The van der Waals surface area contributed by atoms with Gasteiger partial charge < -0.3 is 4.74 Å². The summed E-state index contributed by atoms with van der Waals surface area (Å²) < 4.78 is 5.30. The number of ether oxygens (including phenoxy) is 1. The zero-order chi connectivity index (χ0) is 9.31. The summed E-state index contributed by atoms with van der Waals surface area (Å²) in [6, 6.07) is 9.33. The summed E-state index contributed by atoms with van der Waals surface area (Å²) in [5.41, 5.74) is 5.24. The Balaban J connectivity index is 2.46. The number of rotatable bonds is 0. The molecule has 0 spiro atoms. The van der Waals surface area contributed by atoms with E-state index in [0.717, 1.165) is 5.56 Å². The van der Waals surface area contributed by atoms with Crippen LogP contribution in [0.2, 0.25) is 0 Å². The molecular weight excluding hydrogens is 164 g/mol. The summed E-state index contributed by atoms with van der Waals surface area (Å²) in [6.07, 6.45) is 3.34. The smallest absolute Gasteiger partial charge is 0.266 e. The normalized spacial score (nSPS) is 24.3. The Bertz CT molecular complexity index is 406. The molecule has 0 amide bonds. The minimum absolute atomic E-state index is 0.647. The summed E-state index contributed by atoms with van der Waals surface area (Å²) in [5.74, 6) is 0.647. The average Bonchev–Trinajstić information content (AvgIpc) is 2.18. The van der Waals surface area contributed by atoms with Crippen LogP contribution in [0.3, 0.4) is 0 Å². The Labute approximate surface area is 76.0 Å². The van der Waals surface area contributed by atoms with Crippen molar-refractivity contribution in [3.05, 3.63) is 35.9 Å². The van der Waals surface area contributed by atoms with E-state index in [1.807, 2.05) is 24.3 Å². The van der Waals surface area contributed by atoms with Gasteiger partial charge in [-0.25, -0.2) is 0 Å². The summed E-state index contributed by atoms with van der Waals surface area (Å²) in [5, 5.41) is 8.72. The molecule has 0 radical (unpaired) electrons. The Morgan fingerprint density at radius 1 is 1.38 bits per heavy atom. The Hall–Kier alpha value is -1.79. The van der Waals surface area contributed by atoms with E-state index in [0.29, 0.717) is 5.75 Å². The summed E-state index contributed by atoms with van der Waals surface area (Å²) in [4.78, 5) is 0. The summed E-state index contributed by atoms with van der Waals surface area (Å²) in [6.45, 7) is 0. The number of nitrogens with zero attached hydrogens (tertiary/aromatic N) is 1. The number of hydrogen-bond donors (Lipinski definition) is 1. The first kappa shape index (κ1) is 7.84. The van der Waals surface area contributed by atoms with E-state index in [2.05, 4.69) is 0 Å². The Morgan fingerprint density at radius 3 is 2.92 bits per heavy atom. The van der Waals surface area contributed by atoms with Crippen LogP contribution in [0.5, 0.6) is 5.75 Å². The molecule has 0 fully saturated rings. The van der Waals surface area contributed by atoms with Crippen LogP contribution in [0.15, 0.2) is 30.3 Å². The van der Waals surface area contributed by atoms with Crippen molar-refractivity contribution >= 4 is 6.08 Å². The number of nitriles is 1. The number of nitrogens with two attached hydrogens (primary N) is 1. The quantitative estimate of drug-likeness (QED) is 0.641. The highest BCUT2D eigenvalue weighted by atomic mass is 16.5. The lowest BCUT2D eigenvalue weighted by Gasteiger charge is -2.24. The van der Waals surface area contributed by atoms with Gasteiger partial charge in [-0.2, -0.15) is 5.26 Å². The Kier molecular flexibility index (Phi) is 1.57. The van der Waals surface area contributed by atoms with Crippen LogP contribution < -0.4 is 10.5 Å². The van der Waals surface area contributed by atoms with Gasteiger partial charge in [-0.15, -0.1) is 0 Å². The van der Waals surface area contributed by atoms with Crippen molar-refractivity contribution in [1.82, 2.24) is 0 Å². The maximum Gasteiger partial charge on any atom is 0.266 e. The van der Waals surface area contributed by atoms with Crippen molar-refractivity contribution < 1.29 is 4.74 Å². The molecule has 0 saturated carbocycles. The zero-order valence-electron chi connectivity index (χ0n) is 6.90. The first-order valence-electron chi connectivity index (χ1n) is 3.91. The summed E-state index contributed by atoms with van der Waals surface area (Å²) >= 11 is 0. The first-order valence-corrected chi connectivity index (χ1v) is 3.91. The summed E-state index contributed by atoms with van der Waals surface area (Å²) in [7, 11) is 0. The molecule has 0 bridgehead atoms. The molecule has 1 aliphatic rings. The third-order valence-electron chi connectivity index (χ3n) is 1.88. The third-order valence-corrected chi connectivity index (χ3v) is 1.88. The van der Waals surface area contributed by atoms with Crippen LogP contribution in [0.1, 0.15) is 5.56 Å². The van der Waals surface area contributed by atoms with Gasteiger partial charge in [0.15, 0.2) is 0 Å². The SMILES string of the molecule is N#CC1(N)C=Cc2ccccc2O1. The number of fused-ring (bicyclic) bond motifs is 1. The van der Waals surface area contributed by atoms with Crippen molar-refractivity contribution in [3.8, 4) is 11.8 Å². The van der Waals surface area contributed by atoms with Gasteiger partial charge in [-0.3, -0.25) is 5.73 Å². The lowest BCUT2D eigenvalue weighted by molar-refractivity contribution is 0.184. The zero-order valence-corrected chi connectivity index (χ0v) is 6.90. The second-order valence-electron chi connectivity index (χ2n) is 2.88. The van der Waals surface area contributed by atoms with Crippen LogP contribution in [-0.4, -0.2) is 5.72 Å². The van der Waals surface area contributed by atoms with Crippen LogP contribution in [0.25, 0.3) is 6.08 Å². The van der Waals surface area contributed by atoms with Gasteiger partial charge in [0.2, 0.25) is 0 Å². The molecule has 3 nitrogen and oxygen atoms in total. The van der Waals surface area contributed by atoms with Crippen molar-refractivity contribution in [1.29, 1.82) is 5.26 Å². The van der Waals surface area contributed by atoms with Gasteiger partial charge in [0.25, 0.3) is 5.72 Å². The van der Waals surface area contributed by atoms with Gasteiger partial charge in [0.05, 0.1) is 0 Å². The van der Waals surface area contributed by atoms with Crippen molar-refractivity contribution in [2.24, 2.45) is 5.73 Å². The molecule has 3 heteroatoms. The average molecular weight is 172 g/mol. The molecule has 1 heterocycles. The molecule has 1 aromatic carbocycles. The fraction of sp³-hybridized carbons (Fsp3) is 0.100. The fourth-order valence-corrected chi connectivity index (χ4v) is 1.20. The highest BCUT2D eigenvalue weighted by molar-refractivity contribution is 5.61. The van der Waals surface area contributed by atoms with E-state index in [1.165, 1.54) is 0 Å². The molecule has 1 aromatic rings. The first-order chi connectivity index (χ1) is 6.23. The molecule has 1 unspecified atom stereocenters. The van der Waals surface area contributed by atoms with Crippen molar-refractivity contribution in [2.45, 2.75) is 5.72 Å². The molecule has 13 heavy (non-hydrogen) atoms. The van der Waals surface area contributed by atoms with E-state index in [4.69, 9.17) is 15.7 Å². The van der Waals surface area contributed by atoms with E-state index in [9.17, 15) is 0 Å². The molecule has 1 aliphatic heterocycles. The molecule has 0 aromatic heterocycles. The van der Waals surface area contributed by atoms with Crippen molar-refractivity contribution in [3.63, 3.8) is 0 Å². The topological polar surface area (TPSA) is 59.0 Å². The maximum atomic E-state index is 8.72. The van der Waals surface area contributed by atoms with Gasteiger partial charge in [-0.1, -0.05) is 18.2 Å². The Morgan fingerprint density at radius 2 is 2.15 bits per heavy atom. The van der Waals surface area contributed by atoms with Crippen LogP contribution in [0.4, 0.5) is 0 Å². The monoisotopic (exact) mass is 172 g/mol. The van der Waals surface area contributed by atoms with Crippen molar-refractivity contribution in [2.75, 3.05) is 0 Å². The lowest BCUT2D eigenvalue weighted by Crippen LogP contribution is -2.43. The van der Waals surface area contributed by atoms with E-state index in [-0.39, 0.29) is 0 Å². The number of hydrogen-bond acceptors (Lipinski definition) is 3. The maximum absolute atomic E-state index is 8.72. The van der Waals surface area contributed by atoms with Crippen LogP contribution in [0, 0.1) is 11.3 Å². The standard InChI is InChI=1S/C10H8N2O/c11-7-10(12)6-5-8-3-1-2-4-9(8)13-10/h1-6H,12H2. The number of benzene rings is 1. The number of para-hydroxylation sites is 1. The molecular formula is C10H8N2O. The van der Waals surface area contributed by atoms with Gasteiger partial charge in [0, 0.05) is 5.56 Å². The molecule has 2 N–H and O–H groups in total. The van der Waals surface area contributed by atoms with Crippen LogP contribution in [-0.2, 0) is 0 Å². The van der Waals surface area contributed by atoms with Gasteiger partial charge >= 0.3 is 0 Å². The largest absolute Gasteiger partial charge is 0.455 e. The predicted molar refractivity (Wildman–Crippen MR) is 48.6 cm³/mol. The second kappa shape index (κ2) is 2.61. The van der Waals surface area contributed by atoms with Crippen LogP contribution >= 0.6 is 0 Å². The minimum Gasteiger partial charge on any atom is -0.455 e. The lowest BCUT2D eigenvalue weighted by atomic mass is 10.1. The second-order valence-corrected chi connectivity index (χ2v) is 2.88. The van der Waals surface area contributed by atoms with E-state index >= 15 is 0 Å². The molecule has 1 atom stereocenters. The molecule has 2 rings (SSSR count). The highest BCUT2D eigenvalue weighted by Gasteiger charge is 2.26. The van der Waals surface area contributed by atoms with E-state index in [1.54, 1.807) is 18.2 Å². The minimum atomic E-state index is -1.31. The van der Waals surface area contributed by atoms with E-state index < -0.39 is 5.72 Å². The highest BCUT2D eigenvalue weighted by Crippen LogP contribution is 2.27. The predicted octanol–water partition coefficient (Wildman–Crippen LogP) is 1.27. The third kappa shape index (κ3) is 1.28. The van der Waals surface area contributed by atoms with Gasteiger partial charge in [-0.05, 0) is 18.2 Å².